The minimum atomic E-state index is 0.0149. The monoisotopic (exact) mass is 385 g/mol. The van der Waals surface area contributed by atoms with Crippen LogP contribution in [0.4, 0.5) is 0 Å². The highest BCUT2D eigenvalue weighted by molar-refractivity contribution is 5.77. The lowest BCUT2D eigenvalue weighted by Gasteiger charge is -2.33. The van der Waals surface area contributed by atoms with Crippen LogP contribution in [0.25, 0.3) is 0 Å². The third kappa shape index (κ3) is 4.49. The highest BCUT2D eigenvalue weighted by atomic mass is 16.3. The van der Waals surface area contributed by atoms with Gasteiger partial charge in [0.15, 0.2) is 0 Å². The summed E-state index contributed by atoms with van der Waals surface area (Å²) < 4.78 is 0. The number of hydrogen-bond donors (Lipinski definition) is 2. The summed E-state index contributed by atoms with van der Waals surface area (Å²) in [6.07, 6.45) is 6.04. The van der Waals surface area contributed by atoms with Gasteiger partial charge in [0.05, 0.1) is 0 Å². The van der Waals surface area contributed by atoms with E-state index in [1.807, 2.05) is 11.0 Å². The van der Waals surface area contributed by atoms with Crippen molar-refractivity contribution in [2.45, 2.75) is 64.1 Å². The van der Waals surface area contributed by atoms with Gasteiger partial charge in [-0.05, 0) is 61.3 Å². The maximum absolute atomic E-state index is 13.0. The predicted molar refractivity (Wildman–Crippen MR) is 107 cm³/mol. The van der Waals surface area contributed by atoms with Crippen LogP contribution in [-0.4, -0.2) is 58.4 Å². The summed E-state index contributed by atoms with van der Waals surface area (Å²) in [6, 6.07) is 6.10. The second-order valence-corrected chi connectivity index (χ2v) is 8.68. The van der Waals surface area contributed by atoms with E-state index in [0.717, 1.165) is 43.8 Å². The van der Waals surface area contributed by atoms with Crippen molar-refractivity contribution in [2.75, 3.05) is 19.6 Å². The van der Waals surface area contributed by atoms with Gasteiger partial charge in [-0.25, -0.2) is 0 Å². The van der Waals surface area contributed by atoms with Crippen molar-refractivity contribution in [1.29, 1.82) is 0 Å². The molecule has 1 saturated heterocycles. The zero-order chi connectivity index (χ0) is 19.7. The maximum atomic E-state index is 13.0. The average Bonchev–Trinajstić information content (AvgIpc) is 3.41. The quantitative estimate of drug-likeness (QED) is 0.786. The third-order valence-corrected chi connectivity index (χ3v) is 6.49. The molecule has 2 atom stereocenters. The van der Waals surface area contributed by atoms with Crippen LogP contribution >= 0.6 is 0 Å². The molecule has 2 amide bonds. The Kier molecular flexibility index (Phi) is 5.58. The minimum Gasteiger partial charge on any atom is -0.508 e. The molecule has 152 valence electrons. The van der Waals surface area contributed by atoms with Crippen molar-refractivity contribution in [3.63, 3.8) is 0 Å². The van der Waals surface area contributed by atoms with Gasteiger partial charge in [0.25, 0.3) is 0 Å². The van der Waals surface area contributed by atoms with Crippen molar-refractivity contribution in [1.82, 2.24) is 15.1 Å². The molecular weight excluding hydrogens is 354 g/mol. The smallest absolute Gasteiger partial charge is 0.224 e. The molecule has 2 aliphatic heterocycles. The molecule has 0 unspecified atom stereocenters. The lowest BCUT2D eigenvalue weighted by molar-refractivity contribution is -0.133. The number of carbonyl (C=O) groups excluding carboxylic acids is 2. The van der Waals surface area contributed by atoms with Crippen molar-refractivity contribution >= 4 is 11.8 Å². The van der Waals surface area contributed by atoms with Crippen LogP contribution in [0.2, 0.25) is 0 Å². The van der Waals surface area contributed by atoms with Gasteiger partial charge in [-0.3, -0.25) is 14.5 Å². The highest BCUT2D eigenvalue weighted by Gasteiger charge is 2.38. The van der Waals surface area contributed by atoms with Crippen LogP contribution in [-0.2, 0) is 22.6 Å². The fourth-order valence-corrected chi connectivity index (χ4v) is 4.70. The number of amides is 2. The summed E-state index contributed by atoms with van der Waals surface area (Å²) in [5.74, 6) is 1.25. The number of carbonyl (C=O) groups is 2. The van der Waals surface area contributed by atoms with Gasteiger partial charge in [-0.1, -0.05) is 6.07 Å². The van der Waals surface area contributed by atoms with Gasteiger partial charge in [0, 0.05) is 51.6 Å². The largest absolute Gasteiger partial charge is 0.508 e. The summed E-state index contributed by atoms with van der Waals surface area (Å²) in [7, 11) is 0. The lowest BCUT2D eigenvalue weighted by atomic mass is 9.98. The molecular formula is C22H31N3O3. The number of phenolic OH excluding ortho intramolecular Hbond substituents is 1. The Morgan fingerprint density at radius 3 is 2.68 bits per heavy atom. The molecule has 28 heavy (non-hydrogen) atoms. The molecule has 2 fully saturated rings. The standard InChI is InChI=1S/C22H31N3O3/c1-15(26)23-12-20-6-5-19(25(20)13-16-2-3-16)11-22(28)24-9-8-17-4-7-21(27)10-18(17)14-24/h4,7,10,16,19-20,27H,2-3,5-6,8-9,11-14H2,1H3,(H,23,26)/t19-,20+/m0/s1. The van der Waals surface area contributed by atoms with Crippen molar-refractivity contribution < 1.29 is 14.7 Å². The van der Waals surface area contributed by atoms with Crippen LogP contribution in [0, 0.1) is 5.92 Å². The van der Waals surface area contributed by atoms with Gasteiger partial charge >= 0.3 is 0 Å². The topological polar surface area (TPSA) is 72.9 Å². The van der Waals surface area contributed by atoms with E-state index in [0.29, 0.717) is 25.6 Å². The Morgan fingerprint density at radius 2 is 1.93 bits per heavy atom. The molecule has 4 rings (SSSR count). The van der Waals surface area contributed by atoms with Crippen LogP contribution in [0.15, 0.2) is 18.2 Å². The number of aromatic hydroxyl groups is 1. The van der Waals surface area contributed by atoms with Crippen LogP contribution in [0.3, 0.4) is 0 Å². The molecule has 0 aromatic heterocycles. The van der Waals surface area contributed by atoms with E-state index in [-0.39, 0.29) is 23.6 Å². The number of fused-ring (bicyclic) bond motifs is 1. The van der Waals surface area contributed by atoms with E-state index in [9.17, 15) is 14.7 Å². The second kappa shape index (κ2) is 8.11. The van der Waals surface area contributed by atoms with E-state index in [1.165, 1.54) is 18.4 Å². The van der Waals surface area contributed by atoms with Crippen molar-refractivity contribution in [2.24, 2.45) is 5.92 Å². The van der Waals surface area contributed by atoms with Gasteiger partial charge < -0.3 is 15.3 Å². The highest BCUT2D eigenvalue weighted by Crippen LogP contribution is 2.35. The van der Waals surface area contributed by atoms with Gasteiger partial charge in [0.2, 0.25) is 11.8 Å². The van der Waals surface area contributed by atoms with E-state index in [4.69, 9.17) is 0 Å². The molecule has 1 aromatic carbocycles. The fourth-order valence-electron chi connectivity index (χ4n) is 4.70. The minimum absolute atomic E-state index is 0.0149. The van der Waals surface area contributed by atoms with E-state index in [2.05, 4.69) is 10.2 Å². The summed E-state index contributed by atoms with van der Waals surface area (Å²) in [5, 5.41) is 12.7. The summed E-state index contributed by atoms with van der Waals surface area (Å²) >= 11 is 0. The number of hydrogen-bond acceptors (Lipinski definition) is 4. The number of benzene rings is 1. The first-order valence-electron chi connectivity index (χ1n) is 10.6. The van der Waals surface area contributed by atoms with Gasteiger partial charge in [0.1, 0.15) is 5.75 Å². The number of nitrogens with zero attached hydrogens (tertiary/aromatic N) is 2. The Labute approximate surface area is 166 Å². The fraction of sp³-hybridized carbons (Fsp3) is 0.636. The zero-order valence-electron chi connectivity index (χ0n) is 16.7. The SMILES string of the molecule is CC(=O)NC[C@H]1CC[C@@H](CC(=O)N2CCc3ccc(O)cc3C2)N1CC1CC1. The van der Waals surface area contributed by atoms with Crippen molar-refractivity contribution in [3.05, 3.63) is 29.3 Å². The Morgan fingerprint density at radius 1 is 1.14 bits per heavy atom. The van der Waals surface area contributed by atoms with Gasteiger partial charge in [-0.2, -0.15) is 0 Å². The molecule has 0 radical (unpaired) electrons. The number of nitrogens with one attached hydrogen (secondary N) is 1. The number of likely N-dealkylation sites (tertiary alicyclic amines) is 1. The van der Waals surface area contributed by atoms with Gasteiger partial charge in [-0.15, -0.1) is 0 Å². The first kappa shape index (κ1) is 19.2. The molecule has 0 bridgehead atoms. The number of phenols is 1. The van der Waals surface area contributed by atoms with Crippen molar-refractivity contribution in [3.8, 4) is 5.75 Å². The third-order valence-electron chi connectivity index (χ3n) is 6.49. The predicted octanol–water partition coefficient (Wildman–Crippen LogP) is 2.05. The number of rotatable bonds is 6. The molecule has 6 heteroatoms. The Balaban J connectivity index is 1.38. The van der Waals surface area contributed by atoms with Crippen LogP contribution < -0.4 is 5.32 Å². The lowest BCUT2D eigenvalue weighted by Crippen LogP contribution is -2.46. The Bertz CT molecular complexity index is 747. The molecule has 1 aromatic rings. The second-order valence-electron chi connectivity index (χ2n) is 8.68. The summed E-state index contributed by atoms with van der Waals surface area (Å²) in [5.41, 5.74) is 2.29. The molecule has 2 N–H and O–H groups in total. The maximum Gasteiger partial charge on any atom is 0.224 e. The first-order valence-corrected chi connectivity index (χ1v) is 10.6. The molecule has 1 saturated carbocycles. The van der Waals surface area contributed by atoms with E-state index >= 15 is 0 Å². The average molecular weight is 386 g/mol. The molecule has 2 heterocycles. The van der Waals surface area contributed by atoms with Crippen LogP contribution in [0.5, 0.6) is 5.75 Å². The first-order chi connectivity index (χ1) is 13.5. The normalized spacial score (nSPS) is 24.8. The van der Waals surface area contributed by atoms with E-state index < -0.39 is 0 Å². The van der Waals surface area contributed by atoms with Crippen LogP contribution in [0.1, 0.15) is 50.2 Å². The molecule has 3 aliphatic rings. The molecule has 6 nitrogen and oxygen atoms in total. The zero-order valence-corrected chi connectivity index (χ0v) is 16.7. The summed E-state index contributed by atoms with van der Waals surface area (Å²) in [4.78, 5) is 28.8. The Hall–Kier alpha value is -2.08. The molecule has 1 aliphatic carbocycles. The molecule has 0 spiro atoms. The summed E-state index contributed by atoms with van der Waals surface area (Å²) in [6.45, 7) is 4.64. The van der Waals surface area contributed by atoms with E-state index in [1.54, 1.807) is 19.1 Å².